The molecule has 3 nitrogen and oxygen atoms in total. The molecule has 92 valence electrons. The number of rotatable bonds is 3. The van der Waals surface area contributed by atoms with Crippen molar-refractivity contribution in [2.24, 2.45) is 0 Å². The first-order valence-corrected chi connectivity index (χ1v) is 6.17. The van der Waals surface area contributed by atoms with Crippen LogP contribution in [-0.4, -0.2) is 9.78 Å². The van der Waals surface area contributed by atoms with Gasteiger partial charge in [0.1, 0.15) is 0 Å². The second-order valence-electron chi connectivity index (χ2n) is 4.47. The van der Waals surface area contributed by atoms with Gasteiger partial charge in [0, 0.05) is 5.69 Å². The minimum atomic E-state index is 0.699. The summed E-state index contributed by atoms with van der Waals surface area (Å²) in [7, 11) is 0. The number of nitrogens with zero attached hydrogens (tertiary/aromatic N) is 3. The fourth-order valence-corrected chi connectivity index (χ4v) is 2.31. The molecule has 0 aliphatic rings. The van der Waals surface area contributed by atoms with Crippen LogP contribution in [0.5, 0.6) is 0 Å². The molecular formula is C15H17N3. The van der Waals surface area contributed by atoms with Gasteiger partial charge in [-0.25, -0.2) is 0 Å². The van der Waals surface area contributed by atoms with Gasteiger partial charge in [0.05, 0.1) is 23.9 Å². The van der Waals surface area contributed by atoms with E-state index in [-0.39, 0.29) is 0 Å². The molecule has 0 spiro atoms. The molecule has 0 saturated carbocycles. The molecular weight excluding hydrogens is 222 g/mol. The van der Waals surface area contributed by atoms with Crippen LogP contribution >= 0.6 is 0 Å². The first-order chi connectivity index (χ1) is 8.65. The van der Waals surface area contributed by atoms with Crippen LogP contribution in [-0.2, 0) is 13.0 Å². The first kappa shape index (κ1) is 12.4. The fraction of sp³-hybridized carbons (Fsp3) is 0.333. The molecule has 0 radical (unpaired) electrons. The van der Waals surface area contributed by atoms with Crippen molar-refractivity contribution >= 4 is 0 Å². The Morgan fingerprint density at radius 2 is 2.11 bits per heavy atom. The third kappa shape index (κ3) is 2.28. The molecule has 1 aromatic heterocycles. The predicted molar refractivity (Wildman–Crippen MR) is 71.3 cm³/mol. The summed E-state index contributed by atoms with van der Waals surface area (Å²) < 4.78 is 2.02. The number of nitriles is 1. The zero-order chi connectivity index (χ0) is 13.1. The number of benzene rings is 1. The first-order valence-electron chi connectivity index (χ1n) is 6.17. The maximum Gasteiger partial charge on any atom is 0.0991 e. The predicted octanol–water partition coefficient (Wildman–Crippen LogP) is 2.98. The summed E-state index contributed by atoms with van der Waals surface area (Å²) in [6.07, 6.45) is 1.01. The highest BCUT2D eigenvalue weighted by Crippen LogP contribution is 2.15. The molecule has 1 heterocycles. The summed E-state index contributed by atoms with van der Waals surface area (Å²) >= 11 is 0. The smallest absolute Gasteiger partial charge is 0.0991 e. The van der Waals surface area contributed by atoms with E-state index in [4.69, 9.17) is 5.26 Å². The van der Waals surface area contributed by atoms with Crippen molar-refractivity contribution in [2.45, 2.75) is 33.7 Å². The van der Waals surface area contributed by atoms with Gasteiger partial charge in [-0.15, -0.1) is 0 Å². The largest absolute Gasteiger partial charge is 0.265 e. The van der Waals surface area contributed by atoms with Crippen LogP contribution < -0.4 is 0 Å². The Labute approximate surface area is 108 Å². The zero-order valence-corrected chi connectivity index (χ0v) is 11.1. The van der Waals surface area contributed by atoms with Crippen LogP contribution in [0, 0.1) is 25.2 Å². The summed E-state index contributed by atoms with van der Waals surface area (Å²) in [5, 5.41) is 13.5. The van der Waals surface area contributed by atoms with Crippen molar-refractivity contribution in [3.63, 3.8) is 0 Å². The maximum absolute atomic E-state index is 8.90. The van der Waals surface area contributed by atoms with E-state index in [0.717, 1.165) is 24.2 Å². The van der Waals surface area contributed by atoms with Crippen molar-refractivity contribution in [1.82, 2.24) is 9.78 Å². The van der Waals surface area contributed by atoms with Crippen LogP contribution in [0.15, 0.2) is 24.3 Å². The lowest BCUT2D eigenvalue weighted by Crippen LogP contribution is -2.04. The molecule has 0 bridgehead atoms. The van der Waals surface area contributed by atoms with E-state index >= 15 is 0 Å². The quantitative estimate of drug-likeness (QED) is 0.826. The number of aromatic nitrogens is 2. The molecule has 0 aliphatic carbocycles. The molecule has 0 N–H and O–H groups in total. The molecule has 0 amide bonds. The molecule has 0 atom stereocenters. The van der Waals surface area contributed by atoms with Crippen molar-refractivity contribution in [1.29, 1.82) is 5.26 Å². The molecule has 0 unspecified atom stereocenters. The SMILES string of the molecule is CCc1c(C)nn(Cc2cccc(C#N)c2)c1C. The lowest BCUT2D eigenvalue weighted by Gasteiger charge is -2.05. The van der Waals surface area contributed by atoms with Crippen LogP contribution in [0.3, 0.4) is 0 Å². The average molecular weight is 239 g/mol. The van der Waals surface area contributed by atoms with E-state index in [1.807, 2.05) is 35.9 Å². The second kappa shape index (κ2) is 5.05. The Hall–Kier alpha value is -2.08. The molecule has 0 saturated heterocycles. The topological polar surface area (TPSA) is 41.6 Å². The van der Waals surface area contributed by atoms with E-state index in [2.05, 4.69) is 25.0 Å². The Kier molecular flexibility index (Phi) is 3.47. The van der Waals surface area contributed by atoms with E-state index in [0.29, 0.717) is 5.56 Å². The Morgan fingerprint density at radius 3 is 2.72 bits per heavy atom. The van der Waals surface area contributed by atoms with E-state index < -0.39 is 0 Å². The van der Waals surface area contributed by atoms with E-state index in [1.54, 1.807) is 0 Å². The van der Waals surface area contributed by atoms with Gasteiger partial charge in [0.2, 0.25) is 0 Å². The lowest BCUT2D eigenvalue weighted by atomic mass is 10.1. The third-order valence-electron chi connectivity index (χ3n) is 3.27. The number of hydrogen-bond acceptors (Lipinski definition) is 2. The minimum absolute atomic E-state index is 0.699. The summed E-state index contributed by atoms with van der Waals surface area (Å²) in [6.45, 7) is 7.03. The normalized spacial score (nSPS) is 10.3. The Balaban J connectivity index is 2.32. The number of aryl methyl sites for hydroxylation is 1. The average Bonchev–Trinajstić information content (AvgIpc) is 2.64. The summed E-state index contributed by atoms with van der Waals surface area (Å²) in [6, 6.07) is 9.85. The van der Waals surface area contributed by atoms with Gasteiger partial charge in [0.15, 0.2) is 0 Å². The standard InChI is InChI=1S/C15H17N3/c1-4-15-11(2)17-18(12(15)3)10-14-7-5-6-13(8-14)9-16/h5-8H,4,10H2,1-3H3. The zero-order valence-electron chi connectivity index (χ0n) is 11.1. The number of hydrogen-bond donors (Lipinski definition) is 0. The maximum atomic E-state index is 8.90. The van der Waals surface area contributed by atoms with Crippen LogP contribution in [0.2, 0.25) is 0 Å². The van der Waals surface area contributed by atoms with Gasteiger partial charge in [-0.1, -0.05) is 19.1 Å². The molecule has 2 rings (SSSR count). The highest BCUT2D eigenvalue weighted by molar-refractivity contribution is 5.33. The highest BCUT2D eigenvalue weighted by Gasteiger charge is 2.09. The van der Waals surface area contributed by atoms with Gasteiger partial charge < -0.3 is 0 Å². The molecule has 0 fully saturated rings. The highest BCUT2D eigenvalue weighted by atomic mass is 15.3. The lowest BCUT2D eigenvalue weighted by molar-refractivity contribution is 0.658. The monoisotopic (exact) mass is 239 g/mol. The summed E-state index contributed by atoms with van der Waals surface area (Å²) in [5.41, 5.74) is 5.46. The summed E-state index contributed by atoms with van der Waals surface area (Å²) in [4.78, 5) is 0. The van der Waals surface area contributed by atoms with Crippen LogP contribution in [0.1, 0.15) is 35.0 Å². The third-order valence-corrected chi connectivity index (χ3v) is 3.27. The van der Waals surface area contributed by atoms with E-state index in [9.17, 15) is 0 Å². The Bertz CT molecular complexity index is 603. The molecule has 0 aliphatic heterocycles. The van der Waals surface area contributed by atoms with Crippen molar-refractivity contribution in [2.75, 3.05) is 0 Å². The fourth-order valence-electron chi connectivity index (χ4n) is 2.31. The molecule has 3 heteroatoms. The van der Waals surface area contributed by atoms with Crippen LogP contribution in [0.4, 0.5) is 0 Å². The van der Waals surface area contributed by atoms with Gasteiger partial charge in [-0.05, 0) is 43.5 Å². The van der Waals surface area contributed by atoms with Crippen molar-refractivity contribution in [3.05, 3.63) is 52.3 Å². The van der Waals surface area contributed by atoms with Crippen molar-refractivity contribution in [3.8, 4) is 6.07 Å². The Morgan fingerprint density at radius 1 is 1.33 bits per heavy atom. The summed E-state index contributed by atoms with van der Waals surface area (Å²) in [5.74, 6) is 0. The second-order valence-corrected chi connectivity index (χ2v) is 4.47. The molecule has 2 aromatic rings. The van der Waals surface area contributed by atoms with Gasteiger partial charge in [0.25, 0.3) is 0 Å². The van der Waals surface area contributed by atoms with Gasteiger partial charge in [-0.2, -0.15) is 10.4 Å². The van der Waals surface area contributed by atoms with Gasteiger partial charge in [-0.3, -0.25) is 4.68 Å². The molecule has 1 aromatic carbocycles. The molecule has 18 heavy (non-hydrogen) atoms. The van der Waals surface area contributed by atoms with Gasteiger partial charge >= 0.3 is 0 Å². The minimum Gasteiger partial charge on any atom is -0.265 e. The van der Waals surface area contributed by atoms with E-state index in [1.165, 1.54) is 11.3 Å². The van der Waals surface area contributed by atoms with Crippen LogP contribution in [0.25, 0.3) is 0 Å². The van der Waals surface area contributed by atoms with Crippen molar-refractivity contribution < 1.29 is 0 Å².